The summed E-state index contributed by atoms with van der Waals surface area (Å²) in [5.41, 5.74) is 24.2. The van der Waals surface area contributed by atoms with E-state index in [2.05, 4.69) is 67.1 Å². The Morgan fingerprint density at radius 2 is 1.20 bits per heavy atom. The zero-order valence-electron chi connectivity index (χ0n) is 36.1. The fourth-order valence-corrected chi connectivity index (χ4v) is 6.94. The Kier molecular flexibility index (Phi) is 21.6. The number of aliphatic carboxylic acids is 1. The van der Waals surface area contributed by atoms with Crippen molar-refractivity contribution in [2.45, 2.75) is 94.7 Å². The second kappa shape index (κ2) is 26.5. The minimum absolute atomic E-state index is 0.00386. The van der Waals surface area contributed by atoms with Crippen LogP contribution in [0.5, 0.6) is 0 Å². The number of thiol groups is 2. The van der Waals surface area contributed by atoms with Gasteiger partial charge in [0.25, 0.3) is 0 Å². The summed E-state index contributed by atoms with van der Waals surface area (Å²) in [7, 11) is 0. The largest absolute Gasteiger partial charge is 0.480 e. The van der Waals surface area contributed by atoms with Crippen molar-refractivity contribution in [2.75, 3.05) is 18.1 Å². The van der Waals surface area contributed by atoms with Gasteiger partial charge in [-0.2, -0.15) is 25.3 Å². The van der Waals surface area contributed by atoms with Gasteiger partial charge in [-0.25, -0.2) is 4.79 Å². The van der Waals surface area contributed by atoms with E-state index < -0.39 is 95.5 Å². The number of hydrogen-bond donors (Lipinski definition) is 14. The Morgan fingerprint density at radius 3 is 1.77 bits per heavy atom. The van der Waals surface area contributed by atoms with E-state index in [1.807, 2.05) is 18.2 Å². The van der Waals surface area contributed by atoms with Gasteiger partial charge in [0, 0.05) is 54.4 Å². The number of primary amides is 1. The predicted octanol–water partition coefficient (Wildman–Crippen LogP) is -1.89. The van der Waals surface area contributed by atoms with Gasteiger partial charge in [-0.05, 0) is 42.4 Å². The van der Waals surface area contributed by atoms with Crippen LogP contribution in [0.4, 0.5) is 0 Å². The van der Waals surface area contributed by atoms with Gasteiger partial charge in [0.05, 0.1) is 6.04 Å². The van der Waals surface area contributed by atoms with E-state index in [0.29, 0.717) is 11.1 Å². The highest BCUT2D eigenvalue weighted by atomic mass is 32.1. The molecule has 3 aromatic rings. The fraction of sp³-hybridized carbons (Fsp3) is 0.452. The van der Waals surface area contributed by atoms with Crippen molar-refractivity contribution in [3.8, 4) is 0 Å². The molecule has 7 atom stereocenters. The quantitative estimate of drug-likeness (QED) is 0.0173. The number of guanidine groups is 1. The van der Waals surface area contributed by atoms with E-state index in [0.717, 1.165) is 10.9 Å². The molecule has 0 aliphatic carbocycles. The standard InChI is InChI=1S/C42H60N12O9S2/c1-22(2)34(54-35(56)26(43)20-64)40(61)50-29(14-15-33(44)55)37(58)51-30(17-23-9-4-3-5-10-23)38(59)49-28(13-8-16-47-42(45)46)36(57)52-31(39(60)53-32(21-65)41(62)63)18-24-19-48-27-12-7-6-11-25(24)27/h3-7,9-12,19,22,26,28-32,34,48,64-65H,8,13-18,20-21,43H2,1-2H3,(H2,44,55)(H,49,59)(H,50,61)(H,51,58)(H,52,57)(H,53,60)(H,54,56)(H,62,63)(H4,45,46,47)/t26-,28-,29-,30+,31-,32-,34-/m0/s1. The van der Waals surface area contributed by atoms with Crippen LogP contribution < -0.4 is 54.8 Å². The lowest BCUT2D eigenvalue weighted by Gasteiger charge is -2.28. The number of aromatic amines is 1. The second-order valence-corrected chi connectivity index (χ2v) is 16.3. The molecule has 65 heavy (non-hydrogen) atoms. The maximum atomic E-state index is 14.4. The molecule has 7 amide bonds. The van der Waals surface area contributed by atoms with Crippen molar-refractivity contribution >= 4 is 89.4 Å². The number of carbonyl (C=O) groups is 8. The SMILES string of the molecule is CC(C)[C@H](NC(=O)[C@@H](N)CS)C(=O)N[C@@H](CCC(N)=O)C(=O)N[C@H](Cc1ccccc1)C(=O)N[C@@H](CCCN=C(N)N)C(=O)N[C@@H](Cc1c[nH]c2ccccc12)C(=O)N[C@@H](CS)C(=O)O. The third kappa shape index (κ3) is 17.3. The molecule has 0 fully saturated rings. The normalized spacial score (nSPS) is 14.3. The number of hydrogen-bond acceptors (Lipinski definition) is 12. The van der Waals surface area contributed by atoms with Crippen LogP contribution in [0, 0.1) is 5.92 Å². The number of nitrogens with zero attached hydrogens (tertiary/aromatic N) is 1. The van der Waals surface area contributed by atoms with E-state index in [1.165, 1.54) is 0 Å². The van der Waals surface area contributed by atoms with E-state index >= 15 is 0 Å². The van der Waals surface area contributed by atoms with Gasteiger partial charge in [-0.3, -0.25) is 38.6 Å². The van der Waals surface area contributed by atoms with Gasteiger partial charge in [0.1, 0.15) is 36.3 Å². The maximum absolute atomic E-state index is 14.4. The lowest BCUT2D eigenvalue weighted by Crippen LogP contribution is -2.61. The lowest BCUT2D eigenvalue weighted by molar-refractivity contribution is -0.141. The second-order valence-electron chi connectivity index (χ2n) is 15.6. The first-order valence-corrected chi connectivity index (χ1v) is 22.1. The van der Waals surface area contributed by atoms with Crippen LogP contribution in [0.1, 0.15) is 50.7 Å². The molecule has 354 valence electrons. The number of benzene rings is 2. The molecule has 0 radical (unpaired) electrons. The highest BCUT2D eigenvalue weighted by Crippen LogP contribution is 2.20. The van der Waals surface area contributed by atoms with Crippen molar-refractivity contribution < 1.29 is 43.5 Å². The first kappa shape index (κ1) is 53.0. The fourth-order valence-electron chi connectivity index (χ4n) is 6.53. The molecule has 23 heteroatoms. The Bertz CT molecular complexity index is 2150. The molecule has 0 aliphatic rings. The number of carboxylic acids is 1. The van der Waals surface area contributed by atoms with Gasteiger partial charge < -0.3 is 64.9 Å². The molecule has 3 rings (SSSR count). The lowest BCUT2D eigenvalue weighted by atomic mass is 10.0. The molecule has 0 bridgehead atoms. The summed E-state index contributed by atoms with van der Waals surface area (Å²) in [5, 5.41) is 26.0. The van der Waals surface area contributed by atoms with E-state index in [-0.39, 0.29) is 62.5 Å². The summed E-state index contributed by atoms with van der Waals surface area (Å²) in [6, 6.07) is 6.64. The topological polar surface area (TPSA) is 361 Å². The maximum Gasteiger partial charge on any atom is 0.327 e. The number of aromatic nitrogens is 1. The van der Waals surface area contributed by atoms with E-state index in [1.54, 1.807) is 56.4 Å². The average molecular weight is 941 g/mol. The molecule has 16 N–H and O–H groups in total. The number of amides is 7. The van der Waals surface area contributed by atoms with E-state index in [4.69, 9.17) is 22.9 Å². The smallest absolute Gasteiger partial charge is 0.327 e. The molecule has 1 heterocycles. The minimum Gasteiger partial charge on any atom is -0.480 e. The van der Waals surface area contributed by atoms with Crippen molar-refractivity contribution in [1.29, 1.82) is 0 Å². The van der Waals surface area contributed by atoms with Crippen molar-refractivity contribution in [3.05, 3.63) is 71.9 Å². The van der Waals surface area contributed by atoms with Crippen LogP contribution >= 0.6 is 25.3 Å². The zero-order chi connectivity index (χ0) is 48.2. The number of carboxylic acid groups (broad SMARTS) is 1. The highest BCUT2D eigenvalue weighted by Gasteiger charge is 2.34. The summed E-state index contributed by atoms with van der Waals surface area (Å²) in [6.45, 7) is 3.36. The molecule has 1 aromatic heterocycles. The Balaban J connectivity index is 1.99. The first-order chi connectivity index (χ1) is 30.8. The van der Waals surface area contributed by atoms with Gasteiger partial charge in [-0.15, -0.1) is 0 Å². The molecular weight excluding hydrogens is 881 g/mol. The number of H-pyrrole nitrogens is 1. The molecule has 21 nitrogen and oxygen atoms in total. The third-order valence-electron chi connectivity index (χ3n) is 10.1. The number of rotatable bonds is 27. The van der Waals surface area contributed by atoms with Crippen LogP contribution in [0.15, 0.2) is 65.8 Å². The van der Waals surface area contributed by atoms with Crippen LogP contribution in [0.2, 0.25) is 0 Å². The Morgan fingerprint density at radius 1 is 0.662 bits per heavy atom. The Hall–Kier alpha value is -6.33. The number of fused-ring (bicyclic) bond motifs is 1. The van der Waals surface area contributed by atoms with Gasteiger partial charge in [0.2, 0.25) is 41.4 Å². The molecule has 0 unspecified atom stereocenters. The summed E-state index contributed by atoms with van der Waals surface area (Å²) < 4.78 is 0. The predicted molar refractivity (Wildman–Crippen MR) is 250 cm³/mol. The van der Waals surface area contributed by atoms with Crippen molar-refractivity contribution in [2.24, 2.45) is 33.8 Å². The molecular formula is C42H60N12O9S2. The third-order valence-corrected chi connectivity index (χ3v) is 10.9. The van der Waals surface area contributed by atoms with Crippen LogP contribution in [0.3, 0.4) is 0 Å². The zero-order valence-corrected chi connectivity index (χ0v) is 37.9. The van der Waals surface area contributed by atoms with Crippen LogP contribution in [0.25, 0.3) is 10.9 Å². The van der Waals surface area contributed by atoms with Gasteiger partial charge in [0.15, 0.2) is 5.96 Å². The van der Waals surface area contributed by atoms with Crippen LogP contribution in [-0.2, 0) is 51.2 Å². The van der Waals surface area contributed by atoms with Crippen LogP contribution in [-0.4, -0.2) is 124 Å². The number of aliphatic imine (C=N–C) groups is 1. The number of carbonyl (C=O) groups excluding carboxylic acids is 7. The molecule has 2 aromatic carbocycles. The summed E-state index contributed by atoms with van der Waals surface area (Å²) in [4.78, 5) is 114. The molecule has 0 aliphatic heterocycles. The average Bonchev–Trinajstić information content (AvgIpc) is 3.68. The van der Waals surface area contributed by atoms with E-state index in [9.17, 15) is 43.5 Å². The highest BCUT2D eigenvalue weighted by molar-refractivity contribution is 7.80. The monoisotopic (exact) mass is 940 g/mol. The summed E-state index contributed by atoms with van der Waals surface area (Å²) in [6.07, 6.45) is 0.898. The van der Waals surface area contributed by atoms with Gasteiger partial charge in [-0.1, -0.05) is 62.4 Å². The molecule has 0 saturated carbocycles. The first-order valence-electron chi connectivity index (χ1n) is 20.8. The summed E-state index contributed by atoms with van der Waals surface area (Å²) in [5.74, 6) is -7.92. The Labute approximate surface area is 387 Å². The molecule has 0 saturated heterocycles. The van der Waals surface area contributed by atoms with Gasteiger partial charge >= 0.3 is 5.97 Å². The number of nitrogens with one attached hydrogen (secondary N) is 7. The molecule has 0 spiro atoms. The number of para-hydroxylation sites is 1. The summed E-state index contributed by atoms with van der Waals surface area (Å²) >= 11 is 8.08. The number of nitrogens with two attached hydrogens (primary N) is 4. The minimum atomic E-state index is -1.44. The van der Waals surface area contributed by atoms with Crippen molar-refractivity contribution in [1.82, 2.24) is 36.9 Å². The van der Waals surface area contributed by atoms with Crippen molar-refractivity contribution in [3.63, 3.8) is 0 Å².